The molecule has 2 aromatic heterocycles. The SMILES string of the molecule is C[C@@H]1C[C@H]1CNC(=O)N1CCC(c2nnc3ccccn23)CC1. The molecule has 6 nitrogen and oxygen atoms in total. The van der Waals surface area contributed by atoms with Crippen LogP contribution in [0.4, 0.5) is 4.79 Å². The molecule has 1 aliphatic heterocycles. The van der Waals surface area contributed by atoms with Gasteiger partial charge >= 0.3 is 6.03 Å². The van der Waals surface area contributed by atoms with Crippen molar-refractivity contribution in [2.24, 2.45) is 11.8 Å². The molecule has 4 rings (SSSR count). The predicted molar refractivity (Wildman–Crippen MR) is 87.2 cm³/mol. The zero-order chi connectivity index (χ0) is 15.8. The fourth-order valence-corrected chi connectivity index (χ4v) is 3.49. The fraction of sp³-hybridized carbons (Fsp3) is 0.588. The summed E-state index contributed by atoms with van der Waals surface area (Å²) >= 11 is 0. The van der Waals surface area contributed by atoms with Crippen LogP contribution in [-0.2, 0) is 0 Å². The number of piperidine rings is 1. The van der Waals surface area contributed by atoms with Gasteiger partial charge in [-0.1, -0.05) is 13.0 Å². The second kappa shape index (κ2) is 5.83. The second-order valence-electron chi connectivity index (χ2n) is 6.91. The third kappa shape index (κ3) is 2.90. The molecular weight excluding hydrogens is 290 g/mol. The molecule has 0 radical (unpaired) electrons. The van der Waals surface area contributed by atoms with E-state index >= 15 is 0 Å². The molecule has 0 spiro atoms. The molecule has 2 atom stereocenters. The number of hydrogen-bond acceptors (Lipinski definition) is 3. The lowest BCUT2D eigenvalue weighted by Gasteiger charge is -2.31. The van der Waals surface area contributed by atoms with Gasteiger partial charge in [-0.2, -0.15) is 0 Å². The van der Waals surface area contributed by atoms with E-state index in [9.17, 15) is 4.79 Å². The summed E-state index contributed by atoms with van der Waals surface area (Å²) in [5, 5.41) is 11.7. The topological polar surface area (TPSA) is 62.5 Å². The summed E-state index contributed by atoms with van der Waals surface area (Å²) < 4.78 is 2.06. The van der Waals surface area contributed by atoms with Crippen LogP contribution in [-0.4, -0.2) is 45.2 Å². The number of fused-ring (bicyclic) bond motifs is 1. The summed E-state index contributed by atoms with van der Waals surface area (Å²) in [6.07, 6.45) is 5.16. The van der Waals surface area contributed by atoms with Crippen molar-refractivity contribution in [2.45, 2.75) is 32.1 Å². The van der Waals surface area contributed by atoms with Gasteiger partial charge in [0.1, 0.15) is 5.82 Å². The van der Waals surface area contributed by atoms with Crippen molar-refractivity contribution in [3.63, 3.8) is 0 Å². The number of amides is 2. The number of pyridine rings is 1. The maximum absolute atomic E-state index is 12.2. The second-order valence-corrected chi connectivity index (χ2v) is 6.91. The molecule has 0 aromatic carbocycles. The minimum absolute atomic E-state index is 0.0913. The predicted octanol–water partition coefficient (Wildman–Crippen LogP) is 2.27. The van der Waals surface area contributed by atoms with Crippen molar-refractivity contribution in [2.75, 3.05) is 19.6 Å². The van der Waals surface area contributed by atoms with E-state index in [0.717, 1.165) is 49.9 Å². The Morgan fingerprint density at radius 1 is 1.30 bits per heavy atom. The number of nitrogens with zero attached hydrogens (tertiary/aromatic N) is 4. The molecule has 1 saturated heterocycles. The first-order valence-electron chi connectivity index (χ1n) is 8.55. The number of carbonyl (C=O) groups excluding carboxylic acids is 1. The van der Waals surface area contributed by atoms with E-state index < -0.39 is 0 Å². The van der Waals surface area contributed by atoms with Crippen molar-refractivity contribution < 1.29 is 4.79 Å². The summed E-state index contributed by atoms with van der Waals surface area (Å²) in [6, 6.07) is 6.04. The summed E-state index contributed by atoms with van der Waals surface area (Å²) in [4.78, 5) is 14.2. The zero-order valence-corrected chi connectivity index (χ0v) is 13.5. The Morgan fingerprint density at radius 2 is 2.09 bits per heavy atom. The molecule has 3 heterocycles. The van der Waals surface area contributed by atoms with Gasteiger partial charge in [0, 0.05) is 31.7 Å². The van der Waals surface area contributed by atoms with Crippen molar-refractivity contribution >= 4 is 11.7 Å². The normalized spacial score (nSPS) is 24.8. The molecule has 2 amide bonds. The summed E-state index contributed by atoms with van der Waals surface area (Å²) in [5.74, 6) is 2.87. The van der Waals surface area contributed by atoms with Crippen LogP contribution < -0.4 is 5.32 Å². The molecule has 0 unspecified atom stereocenters. The first-order chi connectivity index (χ1) is 11.2. The molecule has 2 aromatic rings. The van der Waals surface area contributed by atoms with E-state index in [4.69, 9.17) is 0 Å². The van der Waals surface area contributed by atoms with Gasteiger partial charge in [-0.3, -0.25) is 4.40 Å². The molecule has 6 heteroatoms. The lowest BCUT2D eigenvalue weighted by Crippen LogP contribution is -2.44. The molecular formula is C17H23N5O. The van der Waals surface area contributed by atoms with Crippen LogP contribution in [0.1, 0.15) is 37.9 Å². The highest BCUT2D eigenvalue weighted by Crippen LogP contribution is 2.36. The summed E-state index contributed by atoms with van der Waals surface area (Å²) in [6.45, 7) is 4.65. The third-order valence-corrected chi connectivity index (χ3v) is 5.28. The number of likely N-dealkylation sites (tertiary alicyclic amines) is 1. The van der Waals surface area contributed by atoms with Crippen LogP contribution in [0.5, 0.6) is 0 Å². The Labute approximate surface area is 135 Å². The monoisotopic (exact) mass is 313 g/mol. The number of urea groups is 1. The Hall–Kier alpha value is -2.11. The van der Waals surface area contributed by atoms with Gasteiger partial charge in [-0.25, -0.2) is 4.79 Å². The van der Waals surface area contributed by atoms with Crippen molar-refractivity contribution in [1.82, 2.24) is 24.8 Å². The molecule has 0 bridgehead atoms. The molecule has 1 N–H and O–H groups in total. The minimum atomic E-state index is 0.0913. The standard InChI is InChI=1S/C17H23N5O/c1-12-10-14(12)11-18-17(23)21-8-5-13(6-9-21)16-20-19-15-4-2-3-7-22(15)16/h2-4,7,12-14H,5-6,8-11H2,1H3,(H,18,23)/t12-,14+/m1/s1. The number of aromatic nitrogens is 3. The van der Waals surface area contributed by atoms with Gasteiger partial charge in [-0.05, 0) is 43.2 Å². The van der Waals surface area contributed by atoms with E-state index in [1.165, 1.54) is 6.42 Å². The number of carbonyl (C=O) groups is 1. The van der Waals surface area contributed by atoms with Gasteiger partial charge in [0.05, 0.1) is 0 Å². The minimum Gasteiger partial charge on any atom is -0.338 e. The molecule has 2 aliphatic rings. The van der Waals surface area contributed by atoms with Crippen LogP contribution in [0.25, 0.3) is 5.65 Å². The Bertz CT molecular complexity index is 704. The van der Waals surface area contributed by atoms with Crippen molar-refractivity contribution in [1.29, 1.82) is 0 Å². The average Bonchev–Trinajstić information content (AvgIpc) is 3.13. The summed E-state index contributed by atoms with van der Waals surface area (Å²) in [7, 11) is 0. The Morgan fingerprint density at radius 3 is 2.83 bits per heavy atom. The highest BCUT2D eigenvalue weighted by atomic mass is 16.2. The van der Waals surface area contributed by atoms with Gasteiger partial charge in [0.25, 0.3) is 0 Å². The Balaban J connectivity index is 1.34. The summed E-state index contributed by atoms with van der Waals surface area (Å²) in [5.41, 5.74) is 0.890. The average molecular weight is 313 g/mol. The third-order valence-electron chi connectivity index (χ3n) is 5.28. The lowest BCUT2D eigenvalue weighted by molar-refractivity contribution is 0.179. The maximum Gasteiger partial charge on any atom is 0.317 e. The highest BCUT2D eigenvalue weighted by molar-refractivity contribution is 5.74. The van der Waals surface area contributed by atoms with Crippen LogP contribution in [0, 0.1) is 11.8 Å². The van der Waals surface area contributed by atoms with Crippen LogP contribution >= 0.6 is 0 Å². The first-order valence-corrected chi connectivity index (χ1v) is 8.55. The van der Waals surface area contributed by atoms with E-state index in [2.05, 4.69) is 26.8 Å². The van der Waals surface area contributed by atoms with E-state index in [0.29, 0.717) is 11.8 Å². The fourth-order valence-electron chi connectivity index (χ4n) is 3.49. The number of rotatable bonds is 3. The molecule has 23 heavy (non-hydrogen) atoms. The maximum atomic E-state index is 12.2. The van der Waals surface area contributed by atoms with Crippen molar-refractivity contribution in [3.8, 4) is 0 Å². The largest absolute Gasteiger partial charge is 0.338 e. The highest BCUT2D eigenvalue weighted by Gasteiger charge is 2.33. The molecule has 2 fully saturated rings. The van der Waals surface area contributed by atoms with Crippen LogP contribution in [0.2, 0.25) is 0 Å². The van der Waals surface area contributed by atoms with E-state index in [1.54, 1.807) is 0 Å². The van der Waals surface area contributed by atoms with Gasteiger partial charge in [0.15, 0.2) is 5.65 Å². The van der Waals surface area contributed by atoms with E-state index in [1.807, 2.05) is 29.3 Å². The van der Waals surface area contributed by atoms with Crippen molar-refractivity contribution in [3.05, 3.63) is 30.2 Å². The number of hydrogen-bond donors (Lipinski definition) is 1. The first kappa shape index (κ1) is 14.5. The lowest BCUT2D eigenvalue weighted by atomic mass is 9.96. The smallest absolute Gasteiger partial charge is 0.317 e. The number of nitrogens with one attached hydrogen (secondary N) is 1. The quantitative estimate of drug-likeness (QED) is 0.945. The van der Waals surface area contributed by atoms with Crippen LogP contribution in [0.3, 0.4) is 0 Å². The zero-order valence-electron chi connectivity index (χ0n) is 13.5. The molecule has 122 valence electrons. The van der Waals surface area contributed by atoms with Gasteiger partial charge < -0.3 is 10.2 Å². The van der Waals surface area contributed by atoms with Crippen LogP contribution in [0.15, 0.2) is 24.4 Å². The van der Waals surface area contributed by atoms with E-state index in [-0.39, 0.29) is 6.03 Å². The van der Waals surface area contributed by atoms with Gasteiger partial charge in [0.2, 0.25) is 0 Å². The molecule has 1 saturated carbocycles. The van der Waals surface area contributed by atoms with Gasteiger partial charge in [-0.15, -0.1) is 10.2 Å². The molecule has 1 aliphatic carbocycles. The Kier molecular flexibility index (Phi) is 3.67.